The third-order valence-corrected chi connectivity index (χ3v) is 6.17. The van der Waals surface area contributed by atoms with Crippen LogP contribution in [0.3, 0.4) is 0 Å². The Balaban J connectivity index is 0.00000256. The van der Waals surface area contributed by atoms with Crippen molar-refractivity contribution in [3.05, 3.63) is 59.5 Å². The van der Waals surface area contributed by atoms with E-state index in [0.29, 0.717) is 32.0 Å². The summed E-state index contributed by atoms with van der Waals surface area (Å²) >= 11 is 0. The average Bonchev–Trinajstić information content (AvgIpc) is 3.13. The van der Waals surface area contributed by atoms with Gasteiger partial charge in [0.1, 0.15) is 5.76 Å². The molecule has 1 aromatic carbocycles. The van der Waals surface area contributed by atoms with E-state index in [9.17, 15) is 14.7 Å². The van der Waals surface area contributed by atoms with Crippen molar-refractivity contribution >= 4 is 12.0 Å². The molecule has 3 unspecified atom stereocenters. The van der Waals surface area contributed by atoms with Gasteiger partial charge in [-0.3, -0.25) is 4.90 Å². The molecule has 0 bridgehead atoms. The number of carboxylic acid groups (broad SMARTS) is 1. The largest absolute Gasteiger partial charge is 1.00 e. The first-order valence-electron chi connectivity index (χ1n) is 10.0. The Kier molecular flexibility index (Phi) is 7.81. The summed E-state index contributed by atoms with van der Waals surface area (Å²) < 4.78 is 5.40. The Morgan fingerprint density at radius 1 is 1.20 bits per heavy atom. The zero-order valence-corrected chi connectivity index (χ0v) is 20.6. The van der Waals surface area contributed by atoms with Crippen LogP contribution in [0, 0.1) is 11.8 Å². The molecule has 1 aromatic heterocycles. The fourth-order valence-electron chi connectivity index (χ4n) is 4.55. The summed E-state index contributed by atoms with van der Waals surface area (Å²) in [6.07, 6.45) is 3.81. The second-order valence-corrected chi connectivity index (χ2v) is 8.23. The third kappa shape index (κ3) is 5.17. The minimum Gasteiger partial charge on any atom is -0.548 e. The smallest absolute Gasteiger partial charge is 0.548 e. The molecule has 2 amide bonds. The number of aliphatic carboxylic acids is 1. The Morgan fingerprint density at radius 3 is 2.57 bits per heavy atom. The normalized spacial score (nSPS) is 24.1. The summed E-state index contributed by atoms with van der Waals surface area (Å²) in [7, 11) is 2.01. The molecule has 3 atom stereocenters. The Morgan fingerprint density at radius 2 is 1.97 bits per heavy atom. The predicted octanol–water partition coefficient (Wildman–Crippen LogP) is -1.37. The molecule has 0 spiro atoms. The van der Waals surface area contributed by atoms with Crippen molar-refractivity contribution in [3.8, 4) is 0 Å². The van der Waals surface area contributed by atoms with Gasteiger partial charge in [0, 0.05) is 13.1 Å². The fourth-order valence-corrected chi connectivity index (χ4v) is 4.55. The molecule has 1 heterocycles. The molecule has 0 radical (unpaired) electrons. The minimum atomic E-state index is -1.21. The zero-order chi connectivity index (χ0) is 20.4. The van der Waals surface area contributed by atoms with Gasteiger partial charge in [0.05, 0.1) is 24.3 Å². The van der Waals surface area contributed by atoms with E-state index in [1.165, 1.54) is 0 Å². The van der Waals surface area contributed by atoms with Crippen LogP contribution in [0.5, 0.6) is 0 Å². The number of nitrogens with zero attached hydrogens (tertiary/aromatic N) is 1. The standard InChI is InChI=1S/C22H27N3O4.K/c1-25(14-18-7-4-10-29-18)13-17-6-3-2-5-16(17)12-23-21(28)24-22(20(26)27)9-8-15-11-19(15)22;/h2-7,10,15,19H,8-9,11-14H2,1H3,(H,26,27)(H2,23,24,28);/q;+1/p-1. The first-order valence-corrected chi connectivity index (χ1v) is 10.0. The summed E-state index contributed by atoms with van der Waals surface area (Å²) in [5.41, 5.74) is 0.879. The molecular weight excluding hydrogens is 409 g/mol. The van der Waals surface area contributed by atoms with E-state index in [0.717, 1.165) is 29.7 Å². The number of nitrogens with one attached hydrogen (secondary N) is 2. The maximum Gasteiger partial charge on any atom is 1.00 e. The molecule has 2 fully saturated rings. The number of fused-ring (bicyclic) bond motifs is 1. The molecule has 8 heteroatoms. The van der Waals surface area contributed by atoms with Crippen LogP contribution >= 0.6 is 0 Å². The van der Waals surface area contributed by atoms with Crippen molar-refractivity contribution in [2.24, 2.45) is 11.8 Å². The molecular formula is C22H26KN3O4. The zero-order valence-electron chi connectivity index (χ0n) is 17.5. The molecule has 0 aliphatic heterocycles. The van der Waals surface area contributed by atoms with Crippen LogP contribution in [-0.4, -0.2) is 29.5 Å². The van der Waals surface area contributed by atoms with Crippen LogP contribution in [0.4, 0.5) is 4.79 Å². The molecule has 30 heavy (non-hydrogen) atoms. The number of carboxylic acids is 1. The number of amides is 2. The van der Waals surface area contributed by atoms with Crippen LogP contribution in [-0.2, 0) is 24.4 Å². The average molecular weight is 436 g/mol. The van der Waals surface area contributed by atoms with Gasteiger partial charge >= 0.3 is 57.4 Å². The molecule has 2 aliphatic carbocycles. The van der Waals surface area contributed by atoms with E-state index in [2.05, 4.69) is 15.5 Å². The first-order chi connectivity index (χ1) is 14.0. The van der Waals surface area contributed by atoms with Crippen LogP contribution in [0.25, 0.3) is 0 Å². The van der Waals surface area contributed by atoms with Gasteiger partial charge < -0.3 is 25.0 Å². The van der Waals surface area contributed by atoms with Gasteiger partial charge in [-0.1, -0.05) is 24.3 Å². The van der Waals surface area contributed by atoms with Crippen LogP contribution in [0.15, 0.2) is 47.1 Å². The molecule has 4 rings (SSSR count). The summed E-state index contributed by atoms with van der Waals surface area (Å²) in [5, 5.41) is 17.2. The van der Waals surface area contributed by atoms with E-state index in [1.807, 2.05) is 43.4 Å². The quantitative estimate of drug-likeness (QED) is 0.499. The summed E-state index contributed by atoms with van der Waals surface area (Å²) in [6.45, 7) is 1.71. The van der Waals surface area contributed by atoms with Crippen LogP contribution < -0.4 is 67.1 Å². The number of benzene rings is 1. The number of carbonyl (C=O) groups excluding carboxylic acids is 2. The van der Waals surface area contributed by atoms with Gasteiger partial charge in [-0.2, -0.15) is 0 Å². The van der Waals surface area contributed by atoms with Gasteiger partial charge in [0.15, 0.2) is 0 Å². The number of carbonyl (C=O) groups is 2. The number of hydrogen-bond donors (Lipinski definition) is 2. The maximum atomic E-state index is 12.5. The first kappa shape index (κ1) is 23.5. The Bertz CT molecular complexity index is 888. The van der Waals surface area contributed by atoms with Crippen molar-refractivity contribution in [3.63, 3.8) is 0 Å². The van der Waals surface area contributed by atoms with Crippen LogP contribution in [0.2, 0.25) is 0 Å². The number of hydrogen-bond acceptors (Lipinski definition) is 5. The van der Waals surface area contributed by atoms with Crippen molar-refractivity contribution in [1.82, 2.24) is 15.5 Å². The minimum absolute atomic E-state index is 0. The summed E-state index contributed by atoms with van der Waals surface area (Å²) in [6, 6.07) is 11.2. The van der Waals surface area contributed by atoms with Gasteiger partial charge in [-0.15, -0.1) is 0 Å². The van der Waals surface area contributed by atoms with E-state index in [4.69, 9.17) is 4.42 Å². The van der Waals surface area contributed by atoms with E-state index in [1.54, 1.807) is 6.26 Å². The van der Waals surface area contributed by atoms with Crippen molar-refractivity contribution in [2.45, 2.75) is 44.4 Å². The van der Waals surface area contributed by atoms with Crippen molar-refractivity contribution in [2.75, 3.05) is 7.05 Å². The molecule has 2 N–H and O–H groups in total. The monoisotopic (exact) mass is 435 g/mol. The molecule has 0 saturated heterocycles. The van der Waals surface area contributed by atoms with Gasteiger partial charge in [0.2, 0.25) is 0 Å². The molecule has 2 aliphatic rings. The Hall–Kier alpha value is -1.16. The molecule has 154 valence electrons. The topological polar surface area (TPSA) is 97.6 Å². The van der Waals surface area contributed by atoms with Crippen LogP contribution in [0.1, 0.15) is 36.1 Å². The van der Waals surface area contributed by atoms with Gasteiger partial charge in [-0.05, 0) is 61.4 Å². The van der Waals surface area contributed by atoms with Crippen molar-refractivity contribution < 1.29 is 70.5 Å². The van der Waals surface area contributed by atoms with E-state index >= 15 is 0 Å². The van der Waals surface area contributed by atoms with E-state index in [-0.39, 0.29) is 57.3 Å². The number of urea groups is 1. The third-order valence-electron chi connectivity index (χ3n) is 6.17. The Labute approximate surface area is 219 Å². The maximum absolute atomic E-state index is 12.5. The summed E-state index contributed by atoms with van der Waals surface area (Å²) in [5.74, 6) is 0.155. The summed E-state index contributed by atoms with van der Waals surface area (Å²) in [4.78, 5) is 26.3. The fraction of sp³-hybridized carbons (Fsp3) is 0.455. The number of rotatable bonds is 8. The SMILES string of the molecule is CN(Cc1ccco1)Cc1ccccc1CNC(=O)NC1(C(=O)[O-])CCC2CC21.[K+]. The predicted molar refractivity (Wildman–Crippen MR) is 104 cm³/mol. The number of furan rings is 1. The molecule has 2 aromatic rings. The second kappa shape index (κ2) is 9.97. The van der Waals surface area contributed by atoms with E-state index < -0.39 is 17.5 Å². The van der Waals surface area contributed by atoms with Gasteiger partial charge in [-0.25, -0.2) is 4.79 Å². The van der Waals surface area contributed by atoms with Crippen molar-refractivity contribution in [1.29, 1.82) is 0 Å². The van der Waals surface area contributed by atoms with Gasteiger partial charge in [0.25, 0.3) is 0 Å². The second-order valence-electron chi connectivity index (χ2n) is 8.23. The molecule has 7 nitrogen and oxygen atoms in total. The molecule has 2 saturated carbocycles.